The minimum Gasteiger partial charge on any atom is -0.280 e. The van der Waals surface area contributed by atoms with Crippen molar-refractivity contribution in [1.29, 1.82) is 0 Å². The molecular formula is C16H26BNO2. The molecule has 1 saturated carbocycles. The highest BCUT2D eigenvalue weighted by Gasteiger charge is 2.62. The number of imide groups is 1. The molecule has 1 aliphatic heterocycles. The van der Waals surface area contributed by atoms with Crippen LogP contribution in [0.4, 0.5) is 0 Å². The maximum absolute atomic E-state index is 12.7. The first-order valence-electron chi connectivity index (χ1n) is 7.82. The Morgan fingerprint density at radius 1 is 0.850 bits per heavy atom. The van der Waals surface area contributed by atoms with E-state index in [4.69, 9.17) is 7.85 Å². The van der Waals surface area contributed by atoms with E-state index in [1.54, 1.807) is 0 Å². The van der Waals surface area contributed by atoms with Crippen LogP contribution in [0.15, 0.2) is 0 Å². The van der Waals surface area contributed by atoms with Crippen molar-refractivity contribution in [2.45, 2.75) is 53.4 Å². The Balaban J connectivity index is 2.46. The maximum Gasteiger partial charge on any atom is 0.233 e. The Morgan fingerprint density at radius 2 is 1.20 bits per heavy atom. The lowest BCUT2D eigenvalue weighted by molar-refractivity contribution is -0.143. The largest absolute Gasteiger partial charge is 0.280 e. The average Bonchev–Trinajstić information content (AvgIpc) is 2.72. The molecule has 4 heteroatoms. The summed E-state index contributed by atoms with van der Waals surface area (Å²) < 4.78 is 0. The van der Waals surface area contributed by atoms with Gasteiger partial charge in [-0.25, -0.2) is 0 Å². The number of hydrogen-bond acceptors (Lipinski definition) is 2. The molecule has 20 heavy (non-hydrogen) atoms. The van der Waals surface area contributed by atoms with Gasteiger partial charge in [0, 0.05) is 6.04 Å². The average molecular weight is 275 g/mol. The molecule has 0 spiro atoms. The van der Waals surface area contributed by atoms with Gasteiger partial charge in [0.2, 0.25) is 11.8 Å². The van der Waals surface area contributed by atoms with Crippen molar-refractivity contribution in [1.82, 2.24) is 4.90 Å². The molecular weight excluding hydrogens is 249 g/mol. The molecule has 2 aliphatic rings. The molecule has 110 valence electrons. The van der Waals surface area contributed by atoms with Crippen LogP contribution in [0.25, 0.3) is 0 Å². The lowest BCUT2D eigenvalue weighted by atomic mass is 9.65. The highest BCUT2D eigenvalue weighted by atomic mass is 16.2. The van der Waals surface area contributed by atoms with E-state index in [1.807, 2.05) is 13.8 Å². The number of likely N-dealkylation sites (tertiary alicyclic amines) is 1. The van der Waals surface area contributed by atoms with E-state index in [1.165, 1.54) is 4.90 Å². The number of amides is 2. The monoisotopic (exact) mass is 275 g/mol. The third-order valence-corrected chi connectivity index (χ3v) is 5.21. The lowest BCUT2D eigenvalue weighted by Crippen LogP contribution is -2.40. The maximum atomic E-state index is 12.7. The van der Waals surface area contributed by atoms with Crippen LogP contribution in [-0.4, -0.2) is 30.6 Å². The van der Waals surface area contributed by atoms with Crippen molar-refractivity contribution in [2.24, 2.45) is 35.5 Å². The van der Waals surface area contributed by atoms with Gasteiger partial charge >= 0.3 is 0 Å². The van der Waals surface area contributed by atoms with Gasteiger partial charge in [0.05, 0.1) is 19.7 Å². The fourth-order valence-corrected chi connectivity index (χ4v) is 4.51. The molecule has 1 aliphatic carbocycles. The third kappa shape index (κ3) is 2.03. The van der Waals surface area contributed by atoms with Gasteiger partial charge in [0.1, 0.15) is 0 Å². The summed E-state index contributed by atoms with van der Waals surface area (Å²) in [6.07, 6.45) is 0. The second-order valence-corrected chi connectivity index (χ2v) is 7.41. The number of rotatable bonds is 3. The summed E-state index contributed by atoms with van der Waals surface area (Å²) in [6.45, 7) is 12.3. The zero-order chi connectivity index (χ0) is 15.4. The second kappa shape index (κ2) is 5.20. The number of hydrogen-bond donors (Lipinski definition) is 0. The van der Waals surface area contributed by atoms with E-state index in [2.05, 4.69) is 27.7 Å². The van der Waals surface area contributed by atoms with Crippen LogP contribution >= 0.6 is 0 Å². The Labute approximate surface area is 123 Å². The fraction of sp³-hybridized carbons (Fsp3) is 0.875. The Morgan fingerprint density at radius 3 is 1.45 bits per heavy atom. The van der Waals surface area contributed by atoms with Crippen LogP contribution in [0.3, 0.4) is 0 Å². The molecule has 4 unspecified atom stereocenters. The summed E-state index contributed by atoms with van der Waals surface area (Å²) >= 11 is 0. The predicted molar refractivity (Wildman–Crippen MR) is 80.1 cm³/mol. The quantitative estimate of drug-likeness (QED) is 0.586. The number of carbonyl (C=O) groups is 2. The Hall–Kier alpha value is -0.795. The van der Waals surface area contributed by atoms with Crippen molar-refractivity contribution in [3.63, 3.8) is 0 Å². The van der Waals surface area contributed by atoms with E-state index in [0.29, 0.717) is 11.8 Å². The number of nitrogens with zero attached hydrogens (tertiary/aromatic N) is 1. The van der Waals surface area contributed by atoms with Crippen molar-refractivity contribution in [2.75, 3.05) is 0 Å². The lowest BCUT2D eigenvalue weighted by Gasteiger charge is -2.31. The molecule has 1 heterocycles. The molecule has 0 aromatic heterocycles. The van der Waals surface area contributed by atoms with Gasteiger partial charge < -0.3 is 0 Å². The minimum atomic E-state index is -0.202. The molecule has 2 fully saturated rings. The molecule has 2 radical (unpaired) electrons. The minimum absolute atomic E-state index is 0.00676. The van der Waals surface area contributed by atoms with Gasteiger partial charge in [-0.3, -0.25) is 14.5 Å². The first-order valence-corrected chi connectivity index (χ1v) is 7.82. The fourth-order valence-electron chi connectivity index (χ4n) is 4.51. The number of carbonyl (C=O) groups excluding carboxylic acids is 2. The van der Waals surface area contributed by atoms with E-state index in [9.17, 15) is 9.59 Å². The summed E-state index contributed by atoms with van der Waals surface area (Å²) in [5.41, 5.74) is 0. The topological polar surface area (TPSA) is 37.4 Å². The Kier molecular flexibility index (Phi) is 4.05. The molecule has 3 nitrogen and oxygen atoms in total. The van der Waals surface area contributed by atoms with Crippen LogP contribution in [0.5, 0.6) is 0 Å². The Bertz CT molecular complexity index is 385. The normalized spacial score (nSPS) is 37.6. The molecule has 0 N–H and O–H groups in total. The number of fused-ring (bicyclic) bond motifs is 1. The summed E-state index contributed by atoms with van der Waals surface area (Å²) in [4.78, 5) is 26.9. The van der Waals surface area contributed by atoms with Gasteiger partial charge in [0.25, 0.3) is 0 Å². The first kappa shape index (κ1) is 15.6. The SMILES string of the molecule is [B]C1C(C(C)C)C2C(=O)N(C(C)C)C(=O)C2C1C(C)C. The predicted octanol–water partition coefficient (Wildman–Crippen LogP) is 2.51. The standard InChI is InChI=1S/C16H26BNO2/c1-7(2)10-12-13(11(8(3)4)14(10)17)16(20)18(9(5)6)15(12)19/h7-14H,1-6H3. The van der Waals surface area contributed by atoms with Crippen LogP contribution in [-0.2, 0) is 9.59 Å². The molecule has 2 rings (SSSR count). The summed E-state index contributed by atoms with van der Waals surface area (Å²) in [5, 5.41) is 0. The van der Waals surface area contributed by atoms with E-state index in [0.717, 1.165) is 0 Å². The van der Waals surface area contributed by atoms with Crippen molar-refractivity contribution >= 4 is 19.7 Å². The van der Waals surface area contributed by atoms with Gasteiger partial charge in [-0.15, -0.1) is 0 Å². The third-order valence-electron chi connectivity index (χ3n) is 5.21. The van der Waals surface area contributed by atoms with Crippen molar-refractivity contribution < 1.29 is 9.59 Å². The van der Waals surface area contributed by atoms with E-state index >= 15 is 0 Å². The van der Waals surface area contributed by atoms with E-state index in [-0.39, 0.29) is 47.3 Å². The zero-order valence-electron chi connectivity index (χ0n) is 13.5. The van der Waals surface area contributed by atoms with Gasteiger partial charge in [-0.1, -0.05) is 33.5 Å². The van der Waals surface area contributed by atoms with Crippen molar-refractivity contribution in [3.05, 3.63) is 0 Å². The van der Waals surface area contributed by atoms with Crippen LogP contribution in [0.2, 0.25) is 5.82 Å². The van der Waals surface area contributed by atoms with Crippen molar-refractivity contribution in [3.8, 4) is 0 Å². The highest BCUT2D eigenvalue weighted by Crippen LogP contribution is 2.57. The first-order chi connectivity index (χ1) is 9.20. The molecule has 4 atom stereocenters. The summed E-state index contributed by atoms with van der Waals surface area (Å²) in [5.74, 6) is 0.446. The summed E-state index contributed by atoms with van der Waals surface area (Å²) in [7, 11) is 6.44. The van der Waals surface area contributed by atoms with Crippen LogP contribution in [0, 0.1) is 35.5 Å². The zero-order valence-corrected chi connectivity index (χ0v) is 13.5. The van der Waals surface area contributed by atoms with E-state index < -0.39 is 0 Å². The molecule has 0 aromatic rings. The highest BCUT2D eigenvalue weighted by molar-refractivity contribution is 6.15. The van der Waals surface area contributed by atoms with Gasteiger partial charge in [-0.2, -0.15) is 0 Å². The molecule has 1 saturated heterocycles. The van der Waals surface area contributed by atoms with Gasteiger partial charge in [0.15, 0.2) is 0 Å². The van der Waals surface area contributed by atoms with Crippen LogP contribution < -0.4 is 0 Å². The second-order valence-electron chi connectivity index (χ2n) is 7.41. The summed E-state index contributed by atoms with van der Waals surface area (Å²) in [6, 6.07) is -0.0579. The molecule has 2 amide bonds. The smallest absolute Gasteiger partial charge is 0.233 e. The van der Waals surface area contributed by atoms with Crippen LogP contribution in [0.1, 0.15) is 41.5 Å². The molecule has 0 bridgehead atoms. The molecule has 0 aromatic carbocycles. The van der Waals surface area contributed by atoms with Gasteiger partial charge in [-0.05, 0) is 37.5 Å².